The van der Waals surface area contributed by atoms with E-state index in [0.29, 0.717) is 0 Å². The molecule has 0 amide bonds. The van der Waals surface area contributed by atoms with Gasteiger partial charge in [-0.1, -0.05) is 13.0 Å². The number of nitrogens with zero attached hydrogens (tertiary/aromatic N) is 1. The van der Waals surface area contributed by atoms with Crippen LogP contribution < -0.4 is 5.73 Å². The second kappa shape index (κ2) is 4.87. The molecule has 0 aliphatic rings. The van der Waals surface area contributed by atoms with Crippen LogP contribution in [0.3, 0.4) is 0 Å². The van der Waals surface area contributed by atoms with Crippen molar-refractivity contribution >= 4 is 11.7 Å². The van der Waals surface area contributed by atoms with Gasteiger partial charge in [-0.25, -0.2) is 4.79 Å². The highest BCUT2D eigenvalue weighted by Crippen LogP contribution is 2.24. The van der Waals surface area contributed by atoms with Crippen molar-refractivity contribution in [3.63, 3.8) is 0 Å². The van der Waals surface area contributed by atoms with E-state index < -0.39 is 5.97 Å². The Morgan fingerprint density at radius 1 is 1.28 bits per heavy atom. The minimum Gasteiger partial charge on any atom is -0.478 e. The maximum atomic E-state index is 11.0. The quantitative estimate of drug-likeness (QED) is 0.811. The molecule has 2 aromatic rings. The molecule has 2 rings (SSSR count). The van der Waals surface area contributed by atoms with Crippen molar-refractivity contribution in [1.82, 2.24) is 4.98 Å². The van der Waals surface area contributed by atoms with Crippen LogP contribution >= 0.6 is 0 Å². The summed E-state index contributed by atoms with van der Waals surface area (Å²) in [6.07, 6.45) is 2.57. The summed E-state index contributed by atoms with van der Waals surface area (Å²) in [5.74, 6) is -1.01. The van der Waals surface area contributed by atoms with Crippen molar-refractivity contribution in [2.45, 2.75) is 13.3 Å². The third-order valence-corrected chi connectivity index (χ3v) is 2.80. The molecule has 0 saturated heterocycles. The predicted molar refractivity (Wildman–Crippen MR) is 70.4 cm³/mol. The van der Waals surface area contributed by atoms with E-state index in [-0.39, 0.29) is 11.3 Å². The van der Waals surface area contributed by atoms with Gasteiger partial charge in [-0.05, 0) is 41.8 Å². The monoisotopic (exact) mass is 242 g/mol. The van der Waals surface area contributed by atoms with E-state index in [4.69, 9.17) is 10.8 Å². The zero-order valence-electron chi connectivity index (χ0n) is 10.1. The number of hydrogen-bond donors (Lipinski definition) is 2. The largest absolute Gasteiger partial charge is 0.478 e. The molecule has 3 N–H and O–H groups in total. The van der Waals surface area contributed by atoms with Crippen LogP contribution in [0.5, 0.6) is 0 Å². The fourth-order valence-electron chi connectivity index (χ4n) is 1.77. The molecule has 1 aromatic carbocycles. The SMILES string of the molecule is CCc1cc(-c2ccc(N)c(C(=O)O)c2)ccn1. The predicted octanol–water partition coefficient (Wildman–Crippen LogP) is 2.59. The molecule has 0 spiro atoms. The van der Waals surface area contributed by atoms with Gasteiger partial charge >= 0.3 is 5.97 Å². The lowest BCUT2D eigenvalue weighted by molar-refractivity contribution is 0.0698. The van der Waals surface area contributed by atoms with Gasteiger partial charge in [-0.2, -0.15) is 0 Å². The Morgan fingerprint density at radius 2 is 2.00 bits per heavy atom. The zero-order chi connectivity index (χ0) is 13.1. The molecule has 0 bridgehead atoms. The first kappa shape index (κ1) is 12.1. The van der Waals surface area contributed by atoms with Gasteiger partial charge in [0.05, 0.1) is 5.56 Å². The summed E-state index contributed by atoms with van der Waals surface area (Å²) in [5.41, 5.74) is 8.79. The van der Waals surface area contributed by atoms with Crippen LogP contribution in [0.25, 0.3) is 11.1 Å². The highest BCUT2D eigenvalue weighted by atomic mass is 16.4. The summed E-state index contributed by atoms with van der Waals surface area (Å²) in [7, 11) is 0. The van der Waals surface area contributed by atoms with Crippen molar-refractivity contribution in [3.05, 3.63) is 47.8 Å². The number of carboxylic acids is 1. The number of anilines is 1. The van der Waals surface area contributed by atoms with Crippen molar-refractivity contribution in [3.8, 4) is 11.1 Å². The highest BCUT2D eigenvalue weighted by molar-refractivity contribution is 5.95. The molecule has 0 saturated carbocycles. The van der Waals surface area contributed by atoms with E-state index in [9.17, 15) is 4.79 Å². The average molecular weight is 242 g/mol. The van der Waals surface area contributed by atoms with Crippen molar-refractivity contribution in [2.24, 2.45) is 0 Å². The van der Waals surface area contributed by atoms with Crippen LogP contribution in [0.2, 0.25) is 0 Å². The number of carbonyl (C=O) groups is 1. The Balaban J connectivity index is 2.50. The number of pyridine rings is 1. The normalized spacial score (nSPS) is 10.3. The molecular weight excluding hydrogens is 228 g/mol. The van der Waals surface area contributed by atoms with E-state index in [0.717, 1.165) is 23.2 Å². The number of hydrogen-bond acceptors (Lipinski definition) is 3. The molecule has 0 radical (unpaired) electrons. The molecule has 0 aliphatic carbocycles. The molecule has 4 nitrogen and oxygen atoms in total. The number of carboxylic acid groups (broad SMARTS) is 1. The standard InChI is InChI=1S/C14H14N2O2/c1-2-11-7-10(5-6-16-11)9-3-4-13(15)12(8-9)14(17)18/h3-8H,2,15H2,1H3,(H,17,18). The summed E-state index contributed by atoms with van der Waals surface area (Å²) in [6.45, 7) is 2.03. The minimum atomic E-state index is -1.01. The molecule has 0 aliphatic heterocycles. The number of rotatable bonds is 3. The number of aromatic carboxylic acids is 1. The molecule has 18 heavy (non-hydrogen) atoms. The Bertz CT molecular complexity index is 594. The van der Waals surface area contributed by atoms with Gasteiger partial charge in [0.25, 0.3) is 0 Å². The average Bonchev–Trinajstić information content (AvgIpc) is 2.39. The first-order valence-corrected chi connectivity index (χ1v) is 5.70. The summed E-state index contributed by atoms with van der Waals surface area (Å²) in [4.78, 5) is 15.3. The van der Waals surface area contributed by atoms with Gasteiger partial charge in [0, 0.05) is 17.6 Å². The summed E-state index contributed by atoms with van der Waals surface area (Å²) >= 11 is 0. The lowest BCUT2D eigenvalue weighted by atomic mass is 10.0. The lowest BCUT2D eigenvalue weighted by Crippen LogP contribution is -2.02. The van der Waals surface area contributed by atoms with Gasteiger partial charge in [0.1, 0.15) is 0 Å². The molecule has 1 aromatic heterocycles. The van der Waals surface area contributed by atoms with Crippen LogP contribution in [-0.2, 0) is 6.42 Å². The van der Waals surface area contributed by atoms with E-state index in [2.05, 4.69) is 4.98 Å². The zero-order valence-corrected chi connectivity index (χ0v) is 10.1. The smallest absolute Gasteiger partial charge is 0.337 e. The number of aromatic nitrogens is 1. The Labute approximate surface area is 105 Å². The van der Waals surface area contributed by atoms with Crippen LogP contribution in [0, 0.1) is 0 Å². The molecule has 0 fully saturated rings. The van der Waals surface area contributed by atoms with Gasteiger partial charge < -0.3 is 10.8 Å². The van der Waals surface area contributed by atoms with Gasteiger partial charge in [-0.3, -0.25) is 4.98 Å². The first-order chi connectivity index (χ1) is 8.61. The number of aryl methyl sites for hydroxylation is 1. The molecule has 4 heteroatoms. The molecule has 92 valence electrons. The Kier molecular flexibility index (Phi) is 3.28. The van der Waals surface area contributed by atoms with E-state index in [1.807, 2.05) is 25.1 Å². The summed E-state index contributed by atoms with van der Waals surface area (Å²) in [5, 5.41) is 9.05. The van der Waals surface area contributed by atoms with Crippen LogP contribution in [0.15, 0.2) is 36.5 Å². The lowest BCUT2D eigenvalue weighted by Gasteiger charge is -2.06. The Hall–Kier alpha value is -2.36. The van der Waals surface area contributed by atoms with Crippen LogP contribution in [0.4, 0.5) is 5.69 Å². The molecule has 1 heterocycles. The third-order valence-electron chi connectivity index (χ3n) is 2.80. The highest BCUT2D eigenvalue weighted by Gasteiger charge is 2.09. The van der Waals surface area contributed by atoms with Gasteiger partial charge in [-0.15, -0.1) is 0 Å². The number of nitrogens with two attached hydrogens (primary N) is 1. The van der Waals surface area contributed by atoms with Crippen LogP contribution in [0.1, 0.15) is 23.0 Å². The maximum Gasteiger partial charge on any atom is 0.337 e. The fourth-order valence-corrected chi connectivity index (χ4v) is 1.77. The van der Waals surface area contributed by atoms with Crippen molar-refractivity contribution in [1.29, 1.82) is 0 Å². The summed E-state index contributed by atoms with van der Waals surface area (Å²) in [6, 6.07) is 8.83. The Morgan fingerprint density at radius 3 is 2.67 bits per heavy atom. The second-order valence-electron chi connectivity index (χ2n) is 4.00. The van der Waals surface area contributed by atoms with Crippen molar-refractivity contribution in [2.75, 3.05) is 5.73 Å². The molecular formula is C14H14N2O2. The molecule has 0 unspecified atom stereocenters. The van der Waals surface area contributed by atoms with E-state index >= 15 is 0 Å². The third kappa shape index (κ3) is 2.32. The van der Waals surface area contributed by atoms with Crippen LogP contribution in [-0.4, -0.2) is 16.1 Å². The second-order valence-corrected chi connectivity index (χ2v) is 4.00. The van der Waals surface area contributed by atoms with Crippen molar-refractivity contribution < 1.29 is 9.90 Å². The number of nitrogen functional groups attached to an aromatic ring is 1. The first-order valence-electron chi connectivity index (χ1n) is 5.70. The fraction of sp³-hybridized carbons (Fsp3) is 0.143. The van der Waals surface area contributed by atoms with Gasteiger partial charge in [0.15, 0.2) is 0 Å². The maximum absolute atomic E-state index is 11.0. The van der Waals surface area contributed by atoms with E-state index in [1.54, 1.807) is 18.3 Å². The van der Waals surface area contributed by atoms with Gasteiger partial charge in [0.2, 0.25) is 0 Å². The topological polar surface area (TPSA) is 76.2 Å². The summed E-state index contributed by atoms with van der Waals surface area (Å²) < 4.78 is 0. The minimum absolute atomic E-state index is 0.127. The molecule has 0 atom stereocenters. The number of benzene rings is 1. The van der Waals surface area contributed by atoms with E-state index in [1.165, 1.54) is 0 Å².